The largest absolute Gasteiger partial charge is 0.472 e. The fourth-order valence-corrected chi connectivity index (χ4v) is 10.7. The Morgan fingerprint density at radius 3 is 1.01 bits per heavy atom. The Morgan fingerprint density at radius 2 is 0.604 bits per heavy atom. The number of unbranched alkanes of at least 4 members (excludes halogenated alkanes) is 20. The van der Waals surface area contributed by atoms with Crippen LogP contribution in [0.5, 0.6) is 0 Å². The van der Waals surface area contributed by atoms with Crippen LogP contribution in [0, 0.1) is 0 Å². The molecular formula is C77H128O17P2. The molecule has 0 saturated heterocycles. The monoisotopic (exact) mass is 1390 g/mol. The topological polar surface area (TPSA) is 237 Å². The van der Waals surface area contributed by atoms with Crippen LogP contribution >= 0.6 is 15.6 Å². The van der Waals surface area contributed by atoms with E-state index >= 15 is 0 Å². The van der Waals surface area contributed by atoms with E-state index in [1.54, 1.807) is 12.2 Å². The Balaban J connectivity index is 5.46. The minimum atomic E-state index is -5.01. The van der Waals surface area contributed by atoms with Crippen LogP contribution < -0.4 is 0 Å². The number of carbonyl (C=O) groups is 4. The predicted octanol–water partition coefficient (Wildman–Crippen LogP) is 20.5. The minimum absolute atomic E-state index is 0.0600. The Bertz CT molecular complexity index is 2350. The van der Waals surface area contributed by atoms with Crippen molar-refractivity contribution < 1.29 is 80.2 Å². The molecule has 0 rings (SSSR count). The summed E-state index contributed by atoms with van der Waals surface area (Å²) in [6.45, 7) is 4.39. The summed E-state index contributed by atoms with van der Waals surface area (Å²) < 4.78 is 68.1. The number of hydrogen-bond donors (Lipinski definition) is 3. The van der Waals surface area contributed by atoms with Gasteiger partial charge in [0.05, 0.1) is 32.8 Å². The van der Waals surface area contributed by atoms with Gasteiger partial charge in [0.2, 0.25) is 0 Å². The number of allylic oxidation sites excluding steroid dienone is 21. The molecule has 0 saturated carbocycles. The van der Waals surface area contributed by atoms with Gasteiger partial charge < -0.3 is 33.8 Å². The quantitative estimate of drug-likeness (QED) is 0.0169. The number of ether oxygens (including phenoxy) is 4. The molecular weight excluding hydrogens is 1260 g/mol. The molecule has 0 amide bonds. The van der Waals surface area contributed by atoms with Gasteiger partial charge in [-0.1, -0.05) is 271 Å². The standard InChI is InChI=1S/C77H128O17P2/c1-5-9-13-17-21-25-29-32-34-35-37-39-43-46-50-54-58-62-75(80)88-68-73(94-77(82)64-60-56-52-48-44-40-36-33-30-26-22-18-14-10-6-2)70-92-96(85,86)90-66-71(78)65-89-95(83,84)91-69-72(93-76(81)63-59-55-51-47-41-28-24-20-16-12-8-4)67-87-74(79)61-57-53-49-45-42-38-31-27-23-19-15-11-7-3/h9-10,13-14,20-22,24-26,32-34,36-37,39,44,46,48,50,56,60,71-73,78H,5-8,11-12,15-19,23,27-31,35,38,40-43,45,47,49,51-55,57-59,61-70H2,1-4H3,(H,83,84)(H,85,86)/b13-9-,14-10-,24-20-,25-21-,26-22-,34-32-,36-33-,39-37-,48-44-,50-46-,60-56-. The molecule has 0 aromatic heterocycles. The number of carbonyl (C=O) groups excluding carboxylic acids is 4. The second-order valence-electron chi connectivity index (χ2n) is 23.8. The van der Waals surface area contributed by atoms with Crippen molar-refractivity contribution in [2.45, 2.75) is 290 Å². The maximum absolute atomic E-state index is 13.0. The summed E-state index contributed by atoms with van der Waals surface area (Å²) in [7, 11) is -9.99. The van der Waals surface area contributed by atoms with Gasteiger partial charge in [0.1, 0.15) is 19.3 Å². The first kappa shape index (κ1) is 91.2. The first-order valence-electron chi connectivity index (χ1n) is 36.4. The van der Waals surface area contributed by atoms with Crippen LogP contribution in [-0.4, -0.2) is 96.7 Å². The molecule has 0 fully saturated rings. The minimum Gasteiger partial charge on any atom is -0.462 e. The van der Waals surface area contributed by atoms with Crippen LogP contribution in [0.3, 0.4) is 0 Å². The first-order chi connectivity index (χ1) is 46.7. The molecule has 0 aliphatic heterocycles. The van der Waals surface area contributed by atoms with Gasteiger partial charge in [0, 0.05) is 19.3 Å². The Labute approximate surface area is 580 Å². The Morgan fingerprint density at radius 1 is 0.312 bits per heavy atom. The van der Waals surface area contributed by atoms with E-state index < -0.39 is 97.5 Å². The zero-order valence-electron chi connectivity index (χ0n) is 59.5. The summed E-state index contributed by atoms with van der Waals surface area (Å²) in [5.41, 5.74) is 0. The third kappa shape index (κ3) is 67.8. The van der Waals surface area contributed by atoms with Crippen LogP contribution in [0.2, 0.25) is 0 Å². The molecule has 5 unspecified atom stereocenters. The Kier molecular flexibility index (Phi) is 65.3. The van der Waals surface area contributed by atoms with Crippen LogP contribution in [0.25, 0.3) is 0 Å². The molecule has 0 aliphatic rings. The smallest absolute Gasteiger partial charge is 0.462 e. The molecule has 0 aromatic carbocycles. The van der Waals surface area contributed by atoms with E-state index in [2.05, 4.69) is 125 Å². The summed E-state index contributed by atoms with van der Waals surface area (Å²) in [5.74, 6) is -2.41. The molecule has 19 heteroatoms. The van der Waals surface area contributed by atoms with E-state index in [4.69, 9.17) is 37.0 Å². The molecule has 5 atom stereocenters. The van der Waals surface area contributed by atoms with Gasteiger partial charge >= 0.3 is 39.5 Å². The van der Waals surface area contributed by atoms with E-state index in [1.807, 2.05) is 24.3 Å². The van der Waals surface area contributed by atoms with E-state index in [1.165, 1.54) is 70.6 Å². The third-order valence-corrected chi connectivity index (χ3v) is 16.5. The maximum atomic E-state index is 13.0. The number of aliphatic hydroxyl groups is 1. The predicted molar refractivity (Wildman–Crippen MR) is 390 cm³/mol. The second kappa shape index (κ2) is 68.7. The third-order valence-electron chi connectivity index (χ3n) is 14.6. The average molecular weight is 1390 g/mol. The number of phosphoric ester groups is 2. The van der Waals surface area contributed by atoms with Crippen molar-refractivity contribution in [2.75, 3.05) is 39.6 Å². The van der Waals surface area contributed by atoms with Crippen molar-refractivity contribution in [3.05, 3.63) is 134 Å². The van der Waals surface area contributed by atoms with Crippen LogP contribution in [0.1, 0.15) is 272 Å². The van der Waals surface area contributed by atoms with Gasteiger partial charge in [-0.2, -0.15) is 0 Å². The highest BCUT2D eigenvalue weighted by Crippen LogP contribution is 2.45. The number of aliphatic hydroxyl groups excluding tert-OH is 1. The van der Waals surface area contributed by atoms with Gasteiger partial charge in [-0.25, -0.2) is 9.13 Å². The van der Waals surface area contributed by atoms with Crippen LogP contribution in [0.15, 0.2) is 134 Å². The second-order valence-corrected chi connectivity index (χ2v) is 26.7. The number of hydrogen-bond acceptors (Lipinski definition) is 15. The van der Waals surface area contributed by atoms with Crippen molar-refractivity contribution in [3.8, 4) is 0 Å². The SMILES string of the molecule is CC/C=C\C/C=C\C/C=C\C/C=C\C/C=C\CCCC(=O)OCC(COP(=O)(O)OCC(O)COP(=O)(O)OCC(COC(=O)CCCCCCCCCCCCCCC)OC(=O)CCCCCCC/C=C\CCCC)OC(=O)C/C=C\C/C=C\C/C=C\C/C=C\C/C=C\CC. The normalized spacial score (nSPS) is 14.8. The highest BCUT2D eigenvalue weighted by molar-refractivity contribution is 7.47. The van der Waals surface area contributed by atoms with Crippen molar-refractivity contribution in [2.24, 2.45) is 0 Å². The first-order valence-corrected chi connectivity index (χ1v) is 39.4. The maximum Gasteiger partial charge on any atom is 0.472 e. The molecule has 0 spiro atoms. The van der Waals surface area contributed by atoms with Crippen molar-refractivity contribution >= 4 is 39.5 Å². The lowest BCUT2D eigenvalue weighted by Crippen LogP contribution is -2.30. The van der Waals surface area contributed by atoms with E-state index in [0.717, 1.165) is 116 Å². The van der Waals surface area contributed by atoms with Gasteiger partial charge in [0.15, 0.2) is 12.2 Å². The fraction of sp³-hybridized carbons (Fsp3) is 0.662. The molecule has 0 aliphatic carbocycles. The van der Waals surface area contributed by atoms with Crippen LogP contribution in [0.4, 0.5) is 0 Å². The van der Waals surface area contributed by atoms with Crippen LogP contribution in [-0.2, 0) is 65.4 Å². The number of esters is 4. The van der Waals surface area contributed by atoms with Crippen molar-refractivity contribution in [1.82, 2.24) is 0 Å². The molecule has 0 aromatic rings. The average Bonchev–Trinajstić information content (AvgIpc) is 2.18. The summed E-state index contributed by atoms with van der Waals surface area (Å²) >= 11 is 0. The molecule has 0 heterocycles. The summed E-state index contributed by atoms with van der Waals surface area (Å²) in [4.78, 5) is 72.6. The van der Waals surface area contributed by atoms with Gasteiger partial charge in [-0.05, 0) is 109 Å². The molecule has 548 valence electrons. The lowest BCUT2D eigenvalue weighted by atomic mass is 10.0. The fourth-order valence-electron chi connectivity index (χ4n) is 9.13. The molecule has 3 N–H and O–H groups in total. The highest BCUT2D eigenvalue weighted by Gasteiger charge is 2.30. The van der Waals surface area contributed by atoms with Crippen molar-refractivity contribution in [1.29, 1.82) is 0 Å². The Hall–Kier alpha value is -4.80. The van der Waals surface area contributed by atoms with E-state index in [0.29, 0.717) is 32.1 Å². The van der Waals surface area contributed by atoms with E-state index in [-0.39, 0.29) is 25.7 Å². The zero-order chi connectivity index (χ0) is 70.4. The summed E-state index contributed by atoms with van der Waals surface area (Å²) in [6, 6.07) is 0. The molecule has 96 heavy (non-hydrogen) atoms. The van der Waals surface area contributed by atoms with Gasteiger partial charge in [-0.3, -0.25) is 37.3 Å². The van der Waals surface area contributed by atoms with E-state index in [9.17, 15) is 43.2 Å². The number of rotatable bonds is 67. The molecule has 0 bridgehead atoms. The molecule has 17 nitrogen and oxygen atoms in total. The summed E-state index contributed by atoms with van der Waals surface area (Å²) in [6.07, 6.45) is 75.0. The molecule has 0 radical (unpaired) electrons. The highest BCUT2D eigenvalue weighted by atomic mass is 31.2. The lowest BCUT2D eigenvalue weighted by Gasteiger charge is -2.21. The summed E-state index contributed by atoms with van der Waals surface area (Å²) in [5, 5.41) is 10.6. The lowest BCUT2D eigenvalue weighted by molar-refractivity contribution is -0.161. The zero-order valence-corrected chi connectivity index (χ0v) is 61.3. The number of phosphoric acid groups is 2. The van der Waals surface area contributed by atoms with Crippen molar-refractivity contribution in [3.63, 3.8) is 0 Å². The van der Waals surface area contributed by atoms with Gasteiger partial charge in [-0.15, -0.1) is 0 Å². The van der Waals surface area contributed by atoms with Gasteiger partial charge in [0.25, 0.3) is 0 Å².